The maximum atomic E-state index is 6.10. The fourth-order valence-electron chi connectivity index (χ4n) is 3.70. The van der Waals surface area contributed by atoms with Crippen LogP contribution in [0.5, 0.6) is 5.75 Å². The minimum atomic E-state index is 0.444. The third kappa shape index (κ3) is 4.40. The molecule has 1 aromatic heterocycles. The molecule has 4 rings (SSSR count). The van der Waals surface area contributed by atoms with Crippen molar-refractivity contribution in [2.24, 2.45) is 0 Å². The Bertz CT molecular complexity index is 1110. The van der Waals surface area contributed by atoms with E-state index in [0.29, 0.717) is 18.4 Å². The Morgan fingerprint density at radius 3 is 2.00 bits per heavy atom. The fraction of sp³-hybridized carbons (Fsp3) is 0.296. The van der Waals surface area contributed by atoms with Crippen LogP contribution in [-0.4, -0.2) is 9.55 Å². The molecule has 0 bridgehead atoms. The van der Waals surface area contributed by atoms with Crippen LogP contribution in [0.1, 0.15) is 62.0 Å². The van der Waals surface area contributed by atoms with Crippen LogP contribution in [0.4, 0.5) is 0 Å². The Balaban J connectivity index is 1.58. The first-order valence-electron chi connectivity index (χ1n) is 10.8. The summed E-state index contributed by atoms with van der Waals surface area (Å²) in [5.74, 6) is 2.88. The van der Waals surface area contributed by atoms with Gasteiger partial charge in [0, 0.05) is 6.54 Å². The zero-order valence-electron chi connectivity index (χ0n) is 18.3. The number of imidazole rings is 1. The van der Waals surface area contributed by atoms with Crippen molar-refractivity contribution in [2.75, 3.05) is 0 Å². The number of aromatic nitrogens is 2. The van der Waals surface area contributed by atoms with E-state index in [4.69, 9.17) is 9.72 Å². The van der Waals surface area contributed by atoms with Gasteiger partial charge in [-0.25, -0.2) is 4.98 Å². The second kappa shape index (κ2) is 8.74. The van der Waals surface area contributed by atoms with Crippen molar-refractivity contribution in [3.8, 4) is 5.75 Å². The standard InChI is InChI=1S/C27H30N2O/c1-19(2)22-11-9-21(10-12-22)17-29-26-8-6-5-7-25(26)28-27(29)18-30-24-15-13-23(14-16-24)20(3)4/h5-16,19-20H,17-18H2,1-4H3. The Morgan fingerprint density at radius 1 is 0.767 bits per heavy atom. The van der Waals surface area contributed by atoms with Crippen LogP contribution in [-0.2, 0) is 13.2 Å². The summed E-state index contributed by atoms with van der Waals surface area (Å²) in [7, 11) is 0. The molecule has 0 N–H and O–H groups in total. The molecule has 0 radical (unpaired) electrons. The molecule has 3 aromatic carbocycles. The van der Waals surface area contributed by atoms with Crippen molar-refractivity contribution < 1.29 is 4.74 Å². The van der Waals surface area contributed by atoms with Crippen molar-refractivity contribution in [1.29, 1.82) is 0 Å². The highest BCUT2D eigenvalue weighted by Crippen LogP contribution is 2.23. The molecule has 30 heavy (non-hydrogen) atoms. The number of para-hydroxylation sites is 2. The van der Waals surface area contributed by atoms with E-state index in [2.05, 4.69) is 86.9 Å². The van der Waals surface area contributed by atoms with Crippen molar-refractivity contribution in [3.05, 3.63) is 95.3 Å². The van der Waals surface area contributed by atoms with Crippen LogP contribution in [0.2, 0.25) is 0 Å². The lowest BCUT2D eigenvalue weighted by Crippen LogP contribution is -2.08. The summed E-state index contributed by atoms with van der Waals surface area (Å²) in [4.78, 5) is 4.85. The summed E-state index contributed by atoms with van der Waals surface area (Å²) in [6.45, 7) is 10.1. The van der Waals surface area contributed by atoms with E-state index in [1.165, 1.54) is 16.7 Å². The fourth-order valence-corrected chi connectivity index (χ4v) is 3.70. The minimum absolute atomic E-state index is 0.444. The van der Waals surface area contributed by atoms with Gasteiger partial charge in [-0.3, -0.25) is 0 Å². The third-order valence-corrected chi connectivity index (χ3v) is 5.64. The van der Waals surface area contributed by atoms with Gasteiger partial charge in [-0.2, -0.15) is 0 Å². The van der Waals surface area contributed by atoms with Crippen LogP contribution >= 0.6 is 0 Å². The molecule has 4 aromatic rings. The number of ether oxygens (including phenoxy) is 1. The van der Waals surface area contributed by atoms with Gasteiger partial charge in [-0.15, -0.1) is 0 Å². The molecule has 0 amide bonds. The van der Waals surface area contributed by atoms with Crippen LogP contribution < -0.4 is 4.74 Å². The van der Waals surface area contributed by atoms with Crippen LogP contribution in [0.15, 0.2) is 72.8 Å². The van der Waals surface area contributed by atoms with Crippen LogP contribution in [0.3, 0.4) is 0 Å². The number of hydrogen-bond acceptors (Lipinski definition) is 2. The Morgan fingerprint density at radius 2 is 1.37 bits per heavy atom. The Kier molecular flexibility index (Phi) is 5.89. The largest absolute Gasteiger partial charge is 0.486 e. The van der Waals surface area contributed by atoms with Crippen molar-refractivity contribution in [3.63, 3.8) is 0 Å². The molecule has 0 saturated carbocycles. The van der Waals surface area contributed by atoms with Gasteiger partial charge in [0.05, 0.1) is 11.0 Å². The number of benzene rings is 3. The molecule has 0 aliphatic carbocycles. The summed E-state index contributed by atoms with van der Waals surface area (Å²) in [5.41, 5.74) is 6.09. The molecule has 0 fully saturated rings. The highest BCUT2D eigenvalue weighted by atomic mass is 16.5. The topological polar surface area (TPSA) is 27.1 Å². The van der Waals surface area contributed by atoms with Gasteiger partial charge in [0.2, 0.25) is 0 Å². The summed E-state index contributed by atoms with van der Waals surface area (Å²) >= 11 is 0. The van der Waals surface area contributed by atoms with Crippen LogP contribution in [0, 0.1) is 0 Å². The number of fused-ring (bicyclic) bond motifs is 1. The van der Waals surface area contributed by atoms with Gasteiger partial charge in [-0.1, -0.05) is 76.2 Å². The first-order chi connectivity index (χ1) is 14.5. The molecule has 3 nitrogen and oxygen atoms in total. The van der Waals surface area contributed by atoms with E-state index in [1.807, 2.05) is 18.2 Å². The lowest BCUT2D eigenvalue weighted by molar-refractivity contribution is 0.291. The summed E-state index contributed by atoms with van der Waals surface area (Å²) in [6, 6.07) is 25.6. The molecule has 0 aliphatic rings. The predicted molar refractivity (Wildman–Crippen MR) is 124 cm³/mol. The van der Waals surface area contributed by atoms with Gasteiger partial charge in [0.1, 0.15) is 18.2 Å². The summed E-state index contributed by atoms with van der Waals surface area (Å²) < 4.78 is 8.37. The normalized spacial score (nSPS) is 11.5. The zero-order chi connectivity index (χ0) is 21.1. The van der Waals surface area contributed by atoms with E-state index in [0.717, 1.165) is 29.2 Å². The second-order valence-electron chi connectivity index (χ2n) is 8.51. The molecular formula is C27H30N2O. The number of rotatable bonds is 7. The lowest BCUT2D eigenvalue weighted by atomic mass is 10.0. The molecule has 0 saturated heterocycles. The molecule has 3 heteroatoms. The van der Waals surface area contributed by atoms with Gasteiger partial charge >= 0.3 is 0 Å². The third-order valence-electron chi connectivity index (χ3n) is 5.64. The summed E-state index contributed by atoms with van der Waals surface area (Å²) in [5, 5.41) is 0. The molecule has 154 valence electrons. The highest BCUT2D eigenvalue weighted by molar-refractivity contribution is 5.76. The SMILES string of the molecule is CC(C)c1ccc(Cn2c(COc3ccc(C(C)C)cc3)nc3ccccc32)cc1. The average Bonchev–Trinajstić information content (AvgIpc) is 3.10. The first-order valence-corrected chi connectivity index (χ1v) is 10.8. The van der Waals surface area contributed by atoms with Crippen LogP contribution in [0.25, 0.3) is 11.0 Å². The molecule has 0 aliphatic heterocycles. The van der Waals surface area contributed by atoms with E-state index >= 15 is 0 Å². The van der Waals surface area contributed by atoms with Gasteiger partial charge < -0.3 is 9.30 Å². The first kappa shape index (κ1) is 20.2. The Hall–Kier alpha value is -3.07. The number of hydrogen-bond donors (Lipinski definition) is 0. The smallest absolute Gasteiger partial charge is 0.148 e. The second-order valence-corrected chi connectivity index (χ2v) is 8.51. The van der Waals surface area contributed by atoms with E-state index in [1.54, 1.807) is 0 Å². The average molecular weight is 399 g/mol. The van der Waals surface area contributed by atoms with E-state index < -0.39 is 0 Å². The maximum absolute atomic E-state index is 6.10. The molecule has 0 atom stereocenters. The predicted octanol–water partition coefficient (Wildman–Crippen LogP) is 6.91. The molecule has 0 unspecified atom stereocenters. The summed E-state index contributed by atoms with van der Waals surface area (Å²) in [6.07, 6.45) is 0. The van der Waals surface area contributed by atoms with Crippen molar-refractivity contribution in [1.82, 2.24) is 9.55 Å². The van der Waals surface area contributed by atoms with Crippen molar-refractivity contribution in [2.45, 2.75) is 52.7 Å². The molecule has 1 heterocycles. The van der Waals surface area contributed by atoms with Gasteiger partial charge in [0.15, 0.2) is 0 Å². The lowest BCUT2D eigenvalue weighted by Gasteiger charge is -2.12. The van der Waals surface area contributed by atoms with Gasteiger partial charge in [0.25, 0.3) is 0 Å². The van der Waals surface area contributed by atoms with E-state index in [9.17, 15) is 0 Å². The monoisotopic (exact) mass is 398 g/mol. The van der Waals surface area contributed by atoms with Crippen molar-refractivity contribution >= 4 is 11.0 Å². The maximum Gasteiger partial charge on any atom is 0.148 e. The van der Waals surface area contributed by atoms with E-state index in [-0.39, 0.29) is 0 Å². The minimum Gasteiger partial charge on any atom is -0.486 e. The highest BCUT2D eigenvalue weighted by Gasteiger charge is 2.12. The quantitative estimate of drug-likeness (QED) is 0.338. The van der Waals surface area contributed by atoms with Gasteiger partial charge in [-0.05, 0) is 52.8 Å². The Labute approximate surface area is 179 Å². The number of nitrogens with zero attached hydrogens (tertiary/aromatic N) is 2. The zero-order valence-corrected chi connectivity index (χ0v) is 18.3. The molecule has 0 spiro atoms. The molecular weight excluding hydrogens is 368 g/mol.